The standard InChI is InChI=1S/C16H17N3O2/c1-10-6-2-3-7-11(10)14(20)18-16-17-13-9-5-4-8-12(13)15(21)19-16/h2-3,6-7H,4-5,8-9H2,1H3,(H2,17,18,19,20,21). The highest BCUT2D eigenvalue weighted by Crippen LogP contribution is 2.17. The second kappa shape index (κ2) is 5.52. The second-order valence-electron chi connectivity index (χ2n) is 5.32. The molecule has 3 rings (SSSR count). The van der Waals surface area contributed by atoms with Gasteiger partial charge < -0.3 is 0 Å². The Hall–Kier alpha value is -2.43. The lowest BCUT2D eigenvalue weighted by atomic mass is 9.97. The van der Waals surface area contributed by atoms with Crippen molar-refractivity contribution in [2.45, 2.75) is 32.6 Å². The number of hydrogen-bond donors (Lipinski definition) is 2. The van der Waals surface area contributed by atoms with Crippen LogP contribution in [0.5, 0.6) is 0 Å². The Kier molecular flexibility index (Phi) is 3.56. The maximum Gasteiger partial charge on any atom is 0.258 e. The van der Waals surface area contributed by atoms with E-state index >= 15 is 0 Å². The maximum atomic E-state index is 12.2. The molecule has 0 fully saturated rings. The molecule has 1 aromatic heterocycles. The molecule has 0 spiro atoms. The van der Waals surface area contributed by atoms with Crippen molar-refractivity contribution >= 4 is 11.9 Å². The maximum absolute atomic E-state index is 12.2. The number of carbonyl (C=O) groups excluding carboxylic acids is 1. The van der Waals surface area contributed by atoms with Crippen molar-refractivity contribution in [2.75, 3.05) is 5.32 Å². The number of aromatic amines is 1. The Morgan fingerprint density at radius 3 is 2.81 bits per heavy atom. The van der Waals surface area contributed by atoms with Crippen molar-refractivity contribution in [1.82, 2.24) is 9.97 Å². The Labute approximate surface area is 122 Å². The van der Waals surface area contributed by atoms with Crippen LogP contribution >= 0.6 is 0 Å². The Morgan fingerprint density at radius 1 is 1.24 bits per heavy atom. The van der Waals surface area contributed by atoms with Gasteiger partial charge in [-0.1, -0.05) is 18.2 Å². The molecule has 2 N–H and O–H groups in total. The largest absolute Gasteiger partial charge is 0.292 e. The molecule has 1 heterocycles. The molecule has 1 aromatic carbocycles. The number of benzene rings is 1. The average Bonchev–Trinajstić information content (AvgIpc) is 2.47. The Balaban J connectivity index is 1.89. The van der Waals surface area contributed by atoms with E-state index in [0.717, 1.165) is 42.5 Å². The van der Waals surface area contributed by atoms with Gasteiger partial charge in [0, 0.05) is 11.1 Å². The van der Waals surface area contributed by atoms with Gasteiger partial charge in [-0.3, -0.25) is 19.9 Å². The summed E-state index contributed by atoms with van der Waals surface area (Å²) < 4.78 is 0. The fourth-order valence-corrected chi connectivity index (χ4v) is 2.66. The number of nitrogens with zero attached hydrogens (tertiary/aromatic N) is 1. The zero-order valence-corrected chi connectivity index (χ0v) is 11.9. The highest BCUT2D eigenvalue weighted by molar-refractivity contribution is 6.04. The van der Waals surface area contributed by atoms with Crippen LogP contribution in [-0.4, -0.2) is 15.9 Å². The molecule has 0 atom stereocenters. The lowest BCUT2D eigenvalue weighted by molar-refractivity contribution is 0.102. The molecule has 0 bridgehead atoms. The number of aromatic nitrogens is 2. The van der Waals surface area contributed by atoms with Crippen molar-refractivity contribution in [2.24, 2.45) is 0 Å². The van der Waals surface area contributed by atoms with Gasteiger partial charge in [-0.05, 0) is 44.2 Å². The summed E-state index contributed by atoms with van der Waals surface area (Å²) in [5.41, 5.74) is 2.90. The molecule has 108 valence electrons. The van der Waals surface area contributed by atoms with Gasteiger partial charge in [0.25, 0.3) is 11.5 Å². The van der Waals surface area contributed by atoms with Crippen LogP contribution in [0.2, 0.25) is 0 Å². The third-order valence-corrected chi connectivity index (χ3v) is 3.81. The van der Waals surface area contributed by atoms with Crippen LogP contribution in [0.15, 0.2) is 29.1 Å². The van der Waals surface area contributed by atoms with E-state index < -0.39 is 0 Å². The summed E-state index contributed by atoms with van der Waals surface area (Å²) in [6.07, 6.45) is 3.62. The van der Waals surface area contributed by atoms with E-state index in [9.17, 15) is 9.59 Å². The Bertz CT molecular complexity index is 749. The number of hydrogen-bond acceptors (Lipinski definition) is 3. The highest BCUT2D eigenvalue weighted by Gasteiger charge is 2.17. The normalized spacial score (nSPS) is 13.6. The van der Waals surface area contributed by atoms with Crippen molar-refractivity contribution < 1.29 is 4.79 Å². The number of aryl methyl sites for hydroxylation is 2. The first-order valence-electron chi connectivity index (χ1n) is 7.14. The molecule has 0 saturated carbocycles. The second-order valence-corrected chi connectivity index (χ2v) is 5.32. The third-order valence-electron chi connectivity index (χ3n) is 3.81. The van der Waals surface area contributed by atoms with Crippen molar-refractivity contribution in [1.29, 1.82) is 0 Å². The summed E-state index contributed by atoms with van der Waals surface area (Å²) in [7, 11) is 0. The zero-order chi connectivity index (χ0) is 14.8. The van der Waals surface area contributed by atoms with E-state index in [4.69, 9.17) is 0 Å². The minimum absolute atomic E-state index is 0.139. The predicted octanol–water partition coefficient (Wildman–Crippen LogP) is 2.21. The van der Waals surface area contributed by atoms with Crippen LogP contribution < -0.4 is 10.9 Å². The summed E-state index contributed by atoms with van der Waals surface area (Å²) in [6, 6.07) is 7.31. The first-order valence-corrected chi connectivity index (χ1v) is 7.14. The quantitative estimate of drug-likeness (QED) is 0.887. The monoisotopic (exact) mass is 283 g/mol. The van der Waals surface area contributed by atoms with Crippen LogP contribution in [0.3, 0.4) is 0 Å². The van der Waals surface area contributed by atoms with E-state index in [0.29, 0.717) is 5.56 Å². The molecule has 0 aliphatic heterocycles. The fourth-order valence-electron chi connectivity index (χ4n) is 2.66. The highest BCUT2D eigenvalue weighted by atomic mass is 16.2. The summed E-state index contributed by atoms with van der Waals surface area (Å²) in [4.78, 5) is 31.3. The summed E-state index contributed by atoms with van der Waals surface area (Å²) >= 11 is 0. The predicted molar refractivity (Wildman–Crippen MR) is 80.6 cm³/mol. The van der Waals surface area contributed by atoms with E-state index in [-0.39, 0.29) is 17.4 Å². The van der Waals surface area contributed by atoms with Gasteiger partial charge in [0.1, 0.15) is 0 Å². The third kappa shape index (κ3) is 2.72. The summed E-state index contributed by atoms with van der Waals surface area (Å²) in [6.45, 7) is 1.87. The molecule has 5 heteroatoms. The number of nitrogens with one attached hydrogen (secondary N) is 2. The van der Waals surface area contributed by atoms with Crippen LogP contribution in [0, 0.1) is 6.92 Å². The number of carbonyl (C=O) groups is 1. The van der Waals surface area contributed by atoms with E-state index in [1.807, 2.05) is 25.1 Å². The van der Waals surface area contributed by atoms with Gasteiger partial charge in [0.2, 0.25) is 5.95 Å². The molecule has 1 aliphatic carbocycles. The number of fused-ring (bicyclic) bond motifs is 1. The van der Waals surface area contributed by atoms with Gasteiger partial charge in [-0.2, -0.15) is 0 Å². The smallest absolute Gasteiger partial charge is 0.258 e. The number of amides is 1. The van der Waals surface area contributed by atoms with Gasteiger partial charge in [0.15, 0.2) is 0 Å². The Morgan fingerprint density at radius 2 is 2.00 bits per heavy atom. The molecule has 5 nitrogen and oxygen atoms in total. The number of anilines is 1. The molecular weight excluding hydrogens is 266 g/mol. The summed E-state index contributed by atoms with van der Waals surface area (Å²) in [5, 5.41) is 2.68. The minimum atomic E-state index is -0.257. The van der Waals surface area contributed by atoms with Gasteiger partial charge in [0.05, 0.1) is 5.69 Å². The van der Waals surface area contributed by atoms with Crippen LogP contribution in [0.25, 0.3) is 0 Å². The molecule has 21 heavy (non-hydrogen) atoms. The topological polar surface area (TPSA) is 74.8 Å². The summed E-state index contributed by atoms with van der Waals surface area (Å²) in [5.74, 6) is -0.0269. The first-order chi connectivity index (χ1) is 10.1. The van der Waals surface area contributed by atoms with E-state index in [1.54, 1.807) is 6.07 Å². The van der Waals surface area contributed by atoms with Crippen LogP contribution in [-0.2, 0) is 12.8 Å². The van der Waals surface area contributed by atoms with Gasteiger partial charge in [-0.15, -0.1) is 0 Å². The SMILES string of the molecule is Cc1ccccc1C(=O)Nc1nc2c(c(=O)[nH]1)CCCC2. The lowest BCUT2D eigenvalue weighted by Gasteiger charge is -2.15. The number of H-pyrrole nitrogens is 1. The molecule has 1 aliphatic rings. The molecule has 0 saturated heterocycles. The van der Waals surface area contributed by atoms with E-state index in [2.05, 4.69) is 15.3 Å². The minimum Gasteiger partial charge on any atom is -0.292 e. The number of rotatable bonds is 2. The van der Waals surface area contributed by atoms with E-state index in [1.165, 1.54) is 0 Å². The zero-order valence-electron chi connectivity index (χ0n) is 11.9. The lowest BCUT2D eigenvalue weighted by Crippen LogP contribution is -2.25. The first kappa shape index (κ1) is 13.5. The molecule has 0 unspecified atom stereocenters. The van der Waals surface area contributed by atoms with Crippen LogP contribution in [0.1, 0.15) is 40.0 Å². The average molecular weight is 283 g/mol. The van der Waals surface area contributed by atoms with Crippen LogP contribution in [0.4, 0.5) is 5.95 Å². The molecule has 0 radical (unpaired) electrons. The van der Waals surface area contributed by atoms with Gasteiger partial charge >= 0.3 is 0 Å². The molecule has 1 amide bonds. The fraction of sp³-hybridized carbons (Fsp3) is 0.312. The molecule has 2 aromatic rings. The van der Waals surface area contributed by atoms with Gasteiger partial charge in [-0.25, -0.2) is 4.98 Å². The van der Waals surface area contributed by atoms with Crippen molar-refractivity contribution in [3.8, 4) is 0 Å². The van der Waals surface area contributed by atoms with Crippen molar-refractivity contribution in [3.05, 3.63) is 57.0 Å². The molecular formula is C16H17N3O2. The van der Waals surface area contributed by atoms with Crippen molar-refractivity contribution in [3.63, 3.8) is 0 Å².